The van der Waals surface area contributed by atoms with E-state index < -0.39 is 11.2 Å². The molecule has 0 radical (unpaired) electrons. The van der Waals surface area contributed by atoms with Gasteiger partial charge in [0.1, 0.15) is 0 Å². The van der Waals surface area contributed by atoms with E-state index >= 15 is 0 Å². The topological polar surface area (TPSA) is 38.7 Å². The molecule has 0 aromatic carbocycles. The summed E-state index contributed by atoms with van der Waals surface area (Å²) in [6.45, 7) is 0. The number of hydrogen-bond donors (Lipinski definition) is 0. The quantitative estimate of drug-likeness (QED) is 0.834. The van der Waals surface area contributed by atoms with Gasteiger partial charge < -0.3 is 0 Å². The maximum absolute atomic E-state index is 12.2. The van der Waals surface area contributed by atoms with Crippen molar-refractivity contribution in [3.05, 3.63) is 29.5 Å². The molecule has 0 fully saturated rings. The van der Waals surface area contributed by atoms with Gasteiger partial charge in [-0.15, -0.1) is 10.2 Å². The van der Waals surface area contributed by atoms with Gasteiger partial charge in [-0.25, -0.2) is 0 Å². The van der Waals surface area contributed by atoms with E-state index in [2.05, 4.69) is 15.2 Å². The molecule has 0 aliphatic carbocycles. The standard InChI is InChI=1S/C8H4F3N3S2/c9-8(10,11)6-13-14-7(16-6)15-5-1-3-12-4-2-5/h1-4H. The van der Waals surface area contributed by atoms with Crippen molar-refractivity contribution in [3.63, 3.8) is 0 Å². The highest BCUT2D eigenvalue weighted by Crippen LogP contribution is 2.36. The first-order chi connectivity index (χ1) is 7.55. The summed E-state index contributed by atoms with van der Waals surface area (Å²) in [4.78, 5) is 4.58. The Balaban J connectivity index is 2.15. The first kappa shape index (κ1) is 11.3. The smallest absolute Gasteiger partial charge is 0.265 e. The van der Waals surface area contributed by atoms with Crippen LogP contribution in [0, 0.1) is 0 Å². The van der Waals surface area contributed by atoms with Crippen molar-refractivity contribution in [2.75, 3.05) is 0 Å². The number of nitrogens with zero attached hydrogens (tertiary/aromatic N) is 3. The fraction of sp³-hybridized carbons (Fsp3) is 0.125. The second-order valence-electron chi connectivity index (χ2n) is 2.66. The van der Waals surface area contributed by atoms with Gasteiger partial charge in [-0.3, -0.25) is 4.98 Å². The first-order valence-corrected chi connectivity index (χ1v) is 5.67. The Labute approximate surface area is 96.7 Å². The minimum atomic E-state index is -4.42. The van der Waals surface area contributed by atoms with Crippen LogP contribution in [0.15, 0.2) is 33.8 Å². The van der Waals surface area contributed by atoms with Crippen LogP contribution < -0.4 is 0 Å². The summed E-state index contributed by atoms with van der Waals surface area (Å²) >= 11 is 1.66. The van der Waals surface area contributed by atoms with Crippen molar-refractivity contribution in [1.29, 1.82) is 0 Å². The minimum absolute atomic E-state index is 0.263. The Morgan fingerprint density at radius 1 is 1.12 bits per heavy atom. The third kappa shape index (κ3) is 2.70. The highest BCUT2D eigenvalue weighted by atomic mass is 32.2. The molecule has 2 heterocycles. The molecule has 0 aliphatic heterocycles. The van der Waals surface area contributed by atoms with Gasteiger partial charge in [0.25, 0.3) is 0 Å². The van der Waals surface area contributed by atoms with Gasteiger partial charge in [-0.05, 0) is 12.1 Å². The van der Waals surface area contributed by atoms with Gasteiger partial charge in [-0.1, -0.05) is 23.1 Å². The van der Waals surface area contributed by atoms with Crippen LogP contribution in [0.5, 0.6) is 0 Å². The number of alkyl halides is 3. The molecule has 0 aliphatic rings. The lowest BCUT2D eigenvalue weighted by Gasteiger charge is -1.97. The molecular weight excluding hydrogens is 259 g/mol. The van der Waals surface area contributed by atoms with Gasteiger partial charge in [0.15, 0.2) is 4.34 Å². The predicted octanol–water partition coefficient (Wildman–Crippen LogP) is 3.10. The summed E-state index contributed by atoms with van der Waals surface area (Å²) < 4.78 is 36.9. The van der Waals surface area contributed by atoms with E-state index in [1.165, 1.54) is 0 Å². The van der Waals surface area contributed by atoms with Gasteiger partial charge in [0, 0.05) is 17.3 Å². The first-order valence-electron chi connectivity index (χ1n) is 4.04. The summed E-state index contributed by atoms with van der Waals surface area (Å²) in [5.41, 5.74) is 0. The van der Waals surface area contributed by atoms with E-state index in [9.17, 15) is 13.2 Å². The van der Waals surface area contributed by atoms with E-state index in [4.69, 9.17) is 0 Å². The Morgan fingerprint density at radius 3 is 2.38 bits per heavy atom. The molecule has 3 nitrogen and oxygen atoms in total. The van der Waals surface area contributed by atoms with E-state index in [1.807, 2.05) is 0 Å². The van der Waals surface area contributed by atoms with Crippen molar-refractivity contribution in [1.82, 2.24) is 15.2 Å². The molecule has 2 aromatic rings. The predicted molar refractivity (Wildman–Crippen MR) is 53.3 cm³/mol. The SMILES string of the molecule is FC(F)(F)c1nnc(Sc2ccncc2)s1. The third-order valence-electron chi connectivity index (χ3n) is 1.50. The molecule has 0 atom stereocenters. The van der Waals surface area contributed by atoms with E-state index in [1.54, 1.807) is 24.5 Å². The second-order valence-corrected chi connectivity index (χ2v) is 4.95. The molecule has 2 aromatic heterocycles. The normalized spacial score (nSPS) is 11.7. The van der Waals surface area contributed by atoms with Crippen molar-refractivity contribution < 1.29 is 13.2 Å². The van der Waals surface area contributed by atoms with Gasteiger partial charge in [0.2, 0.25) is 5.01 Å². The van der Waals surface area contributed by atoms with E-state index in [0.29, 0.717) is 11.3 Å². The molecule has 0 spiro atoms. The molecule has 0 saturated carbocycles. The van der Waals surface area contributed by atoms with E-state index in [0.717, 1.165) is 16.7 Å². The molecule has 0 saturated heterocycles. The lowest BCUT2D eigenvalue weighted by molar-refractivity contribution is -0.138. The number of halogens is 3. The summed E-state index contributed by atoms with van der Waals surface area (Å²) in [6.07, 6.45) is -1.29. The van der Waals surface area contributed by atoms with Crippen LogP contribution in [0.4, 0.5) is 13.2 Å². The average molecular weight is 263 g/mol. The van der Waals surface area contributed by atoms with Crippen LogP contribution in [0.2, 0.25) is 0 Å². The largest absolute Gasteiger partial charge is 0.445 e. The van der Waals surface area contributed by atoms with Crippen molar-refractivity contribution in [2.45, 2.75) is 15.4 Å². The van der Waals surface area contributed by atoms with Gasteiger partial charge >= 0.3 is 6.18 Å². The zero-order valence-corrected chi connectivity index (χ0v) is 9.23. The summed E-state index contributed by atoms with van der Waals surface area (Å²) in [5, 5.41) is 5.63. The van der Waals surface area contributed by atoms with Crippen molar-refractivity contribution >= 4 is 23.1 Å². The summed E-state index contributed by atoms with van der Waals surface area (Å²) in [7, 11) is 0. The number of aromatic nitrogens is 3. The molecule has 0 unspecified atom stereocenters. The van der Waals surface area contributed by atoms with Crippen molar-refractivity contribution in [3.8, 4) is 0 Å². The minimum Gasteiger partial charge on any atom is -0.265 e. The molecule has 0 N–H and O–H groups in total. The fourth-order valence-corrected chi connectivity index (χ4v) is 2.55. The summed E-state index contributed by atoms with van der Waals surface area (Å²) in [6, 6.07) is 3.39. The maximum atomic E-state index is 12.2. The Bertz CT molecular complexity index is 469. The zero-order valence-electron chi connectivity index (χ0n) is 7.60. The van der Waals surface area contributed by atoms with Crippen LogP contribution >= 0.6 is 23.1 Å². The lowest BCUT2D eigenvalue weighted by atomic mass is 10.5. The van der Waals surface area contributed by atoms with Gasteiger partial charge in [0.05, 0.1) is 0 Å². The zero-order chi connectivity index (χ0) is 11.6. The number of pyridine rings is 1. The van der Waals surface area contributed by atoms with Gasteiger partial charge in [-0.2, -0.15) is 13.2 Å². The second kappa shape index (κ2) is 4.38. The van der Waals surface area contributed by atoms with Crippen LogP contribution in [0.3, 0.4) is 0 Å². The molecule has 16 heavy (non-hydrogen) atoms. The monoisotopic (exact) mass is 263 g/mol. The molecule has 0 amide bonds. The Morgan fingerprint density at radius 2 is 1.81 bits per heavy atom. The Kier molecular flexibility index (Phi) is 3.10. The van der Waals surface area contributed by atoms with Crippen LogP contribution in [-0.2, 0) is 6.18 Å². The van der Waals surface area contributed by atoms with E-state index in [-0.39, 0.29) is 4.34 Å². The average Bonchev–Trinajstić information content (AvgIpc) is 2.67. The Hall–Kier alpha value is -1.15. The highest BCUT2D eigenvalue weighted by molar-refractivity contribution is 8.01. The van der Waals surface area contributed by atoms with Crippen molar-refractivity contribution in [2.24, 2.45) is 0 Å². The lowest BCUT2D eigenvalue weighted by Crippen LogP contribution is -2.03. The third-order valence-corrected chi connectivity index (χ3v) is 3.53. The van der Waals surface area contributed by atoms with Crippen LogP contribution in [0.25, 0.3) is 0 Å². The molecule has 84 valence electrons. The molecular formula is C8H4F3N3S2. The number of rotatable bonds is 2. The molecule has 0 bridgehead atoms. The summed E-state index contributed by atoms with van der Waals surface area (Å²) in [5.74, 6) is 0. The fourth-order valence-electron chi connectivity index (χ4n) is 0.873. The number of hydrogen-bond acceptors (Lipinski definition) is 5. The maximum Gasteiger partial charge on any atom is 0.445 e. The highest BCUT2D eigenvalue weighted by Gasteiger charge is 2.35. The molecule has 8 heteroatoms. The van der Waals surface area contributed by atoms with Crippen LogP contribution in [-0.4, -0.2) is 15.2 Å². The van der Waals surface area contributed by atoms with Crippen LogP contribution in [0.1, 0.15) is 5.01 Å². The molecule has 2 rings (SSSR count).